The maximum absolute atomic E-state index is 13.4. The van der Waals surface area contributed by atoms with Crippen LogP contribution in [0.15, 0.2) is 0 Å². The largest absolute Gasteiger partial charge is 0.480 e. The van der Waals surface area contributed by atoms with Gasteiger partial charge in [-0.25, -0.2) is 9.59 Å². The molecular formula is C25H37N3O7S2. The van der Waals surface area contributed by atoms with Gasteiger partial charge in [0.05, 0.1) is 7.11 Å². The summed E-state index contributed by atoms with van der Waals surface area (Å²) in [4.78, 5) is 63.4. The van der Waals surface area contributed by atoms with Crippen molar-refractivity contribution in [2.24, 2.45) is 23.2 Å². The van der Waals surface area contributed by atoms with Gasteiger partial charge in [0.25, 0.3) is 0 Å². The number of carboxylic acids is 1. The van der Waals surface area contributed by atoms with Gasteiger partial charge in [-0.3, -0.25) is 14.4 Å². The average molecular weight is 556 g/mol. The normalized spacial score (nSPS) is 31.5. The van der Waals surface area contributed by atoms with Crippen molar-refractivity contribution in [2.45, 2.75) is 76.4 Å². The molecule has 206 valence electrons. The van der Waals surface area contributed by atoms with Crippen LogP contribution in [0.4, 0.5) is 0 Å². The molecule has 5 rings (SSSR count). The molecule has 0 radical (unpaired) electrons. The Morgan fingerprint density at radius 2 is 1.54 bits per heavy atom. The summed E-state index contributed by atoms with van der Waals surface area (Å²) in [5.74, 6) is -0.343. The molecule has 1 heterocycles. The second-order valence-corrected chi connectivity index (χ2v) is 13.6. The van der Waals surface area contributed by atoms with Crippen molar-refractivity contribution in [2.75, 3.05) is 25.2 Å². The van der Waals surface area contributed by atoms with E-state index in [0.29, 0.717) is 37.1 Å². The summed E-state index contributed by atoms with van der Waals surface area (Å²) >= 11 is 0. The molecule has 1 aliphatic heterocycles. The number of nitrogens with zero attached hydrogens (tertiary/aromatic N) is 1. The molecule has 0 spiro atoms. The average Bonchev–Trinajstić information content (AvgIpc) is 3.34. The maximum atomic E-state index is 13.4. The van der Waals surface area contributed by atoms with Crippen LogP contribution in [0.2, 0.25) is 0 Å². The topological polar surface area (TPSA) is 142 Å². The Morgan fingerprint density at radius 3 is 2.05 bits per heavy atom. The lowest BCUT2D eigenvalue weighted by Gasteiger charge is -2.55. The van der Waals surface area contributed by atoms with Crippen LogP contribution in [0, 0.1) is 23.2 Å². The van der Waals surface area contributed by atoms with E-state index in [1.807, 2.05) is 0 Å². The van der Waals surface area contributed by atoms with E-state index in [1.165, 1.54) is 59.8 Å². The van der Waals surface area contributed by atoms with Gasteiger partial charge in [-0.15, -0.1) is 0 Å². The lowest BCUT2D eigenvalue weighted by atomic mass is 9.49. The van der Waals surface area contributed by atoms with Gasteiger partial charge in [0.2, 0.25) is 17.7 Å². The molecule has 37 heavy (non-hydrogen) atoms. The fourth-order valence-electron chi connectivity index (χ4n) is 7.10. The van der Waals surface area contributed by atoms with Crippen LogP contribution in [0.25, 0.3) is 0 Å². The Labute approximate surface area is 225 Å². The predicted molar refractivity (Wildman–Crippen MR) is 139 cm³/mol. The first-order valence-corrected chi connectivity index (χ1v) is 15.5. The van der Waals surface area contributed by atoms with Crippen molar-refractivity contribution in [3.8, 4) is 0 Å². The molecule has 5 fully saturated rings. The smallest absolute Gasteiger partial charge is 0.329 e. The Bertz CT molecular complexity index is 895. The van der Waals surface area contributed by atoms with Gasteiger partial charge < -0.3 is 25.4 Å². The molecule has 12 heteroatoms. The van der Waals surface area contributed by atoms with Crippen molar-refractivity contribution in [1.29, 1.82) is 0 Å². The van der Waals surface area contributed by atoms with E-state index in [2.05, 4.69) is 10.6 Å². The van der Waals surface area contributed by atoms with Crippen molar-refractivity contribution in [3.63, 3.8) is 0 Å². The van der Waals surface area contributed by atoms with E-state index < -0.39 is 36.0 Å². The first-order chi connectivity index (χ1) is 17.6. The van der Waals surface area contributed by atoms with Gasteiger partial charge in [-0.1, -0.05) is 21.6 Å². The van der Waals surface area contributed by atoms with Crippen LogP contribution >= 0.6 is 21.6 Å². The minimum atomic E-state index is -1.17. The molecular weight excluding hydrogens is 518 g/mol. The maximum Gasteiger partial charge on any atom is 0.329 e. The highest BCUT2D eigenvalue weighted by Gasteiger charge is 2.55. The van der Waals surface area contributed by atoms with Crippen molar-refractivity contribution < 1.29 is 33.8 Å². The molecule has 4 aliphatic carbocycles. The summed E-state index contributed by atoms with van der Waals surface area (Å²) in [5, 5.41) is 15.1. The molecule has 0 aromatic carbocycles. The molecule has 3 N–H and O–H groups in total. The number of carbonyl (C=O) groups is 5. The number of hydrogen-bond donors (Lipinski definition) is 3. The molecule has 10 nitrogen and oxygen atoms in total. The van der Waals surface area contributed by atoms with E-state index in [0.717, 1.165) is 19.3 Å². The SMILES string of the molecule is COC(=O)[C@H](CSSC[C@H](NC(=O)[C@@H]1CCCN1C(C)=O)C(=O)O)NC(=O)C12CC3CC(CC(C3)C1)C2. The minimum Gasteiger partial charge on any atom is -0.480 e. The van der Waals surface area contributed by atoms with Gasteiger partial charge in [0, 0.05) is 30.4 Å². The zero-order chi connectivity index (χ0) is 26.7. The Hall–Kier alpha value is -1.95. The van der Waals surface area contributed by atoms with Crippen LogP contribution in [0.5, 0.6) is 0 Å². The molecule has 4 bridgehead atoms. The highest BCUT2D eigenvalue weighted by Crippen LogP contribution is 2.60. The van der Waals surface area contributed by atoms with E-state index in [1.54, 1.807) is 0 Å². The summed E-state index contributed by atoms with van der Waals surface area (Å²) in [6.07, 6.45) is 7.53. The minimum absolute atomic E-state index is 0.0603. The second kappa shape index (κ2) is 11.8. The lowest BCUT2D eigenvalue weighted by Crippen LogP contribution is -2.56. The van der Waals surface area contributed by atoms with E-state index in [-0.39, 0.29) is 28.7 Å². The molecule has 3 amide bonds. The first-order valence-electron chi connectivity index (χ1n) is 13.1. The lowest BCUT2D eigenvalue weighted by molar-refractivity contribution is -0.152. The number of amides is 3. The van der Waals surface area contributed by atoms with E-state index >= 15 is 0 Å². The summed E-state index contributed by atoms with van der Waals surface area (Å²) in [7, 11) is 3.75. The number of ether oxygens (including phenoxy) is 1. The van der Waals surface area contributed by atoms with Crippen LogP contribution in [-0.2, 0) is 28.7 Å². The summed E-state index contributed by atoms with van der Waals surface area (Å²) in [6, 6.07) is -2.62. The number of aliphatic carboxylic acids is 1. The van der Waals surface area contributed by atoms with Crippen molar-refractivity contribution >= 4 is 51.2 Å². The van der Waals surface area contributed by atoms with Crippen molar-refractivity contribution in [3.05, 3.63) is 0 Å². The van der Waals surface area contributed by atoms with Gasteiger partial charge in [-0.05, 0) is 69.1 Å². The number of carboxylic acid groups (broad SMARTS) is 1. The number of esters is 1. The fraction of sp³-hybridized carbons (Fsp3) is 0.800. The Balaban J connectivity index is 1.28. The number of rotatable bonds is 11. The number of hydrogen-bond acceptors (Lipinski definition) is 8. The zero-order valence-corrected chi connectivity index (χ0v) is 23.0. The highest BCUT2D eigenvalue weighted by molar-refractivity contribution is 8.76. The first kappa shape index (κ1) is 28.1. The predicted octanol–water partition coefficient (Wildman–Crippen LogP) is 1.82. The van der Waals surface area contributed by atoms with Gasteiger partial charge in [0.1, 0.15) is 18.1 Å². The Morgan fingerprint density at radius 1 is 0.973 bits per heavy atom. The quantitative estimate of drug-likeness (QED) is 0.198. The fourth-order valence-corrected chi connectivity index (χ4v) is 9.41. The van der Waals surface area contributed by atoms with Crippen LogP contribution < -0.4 is 10.6 Å². The Kier molecular flexibility index (Phi) is 8.98. The second-order valence-electron chi connectivity index (χ2n) is 11.1. The molecule has 1 saturated heterocycles. The van der Waals surface area contributed by atoms with Crippen LogP contribution in [0.3, 0.4) is 0 Å². The van der Waals surface area contributed by atoms with Gasteiger partial charge in [0.15, 0.2) is 0 Å². The van der Waals surface area contributed by atoms with E-state index in [4.69, 9.17) is 4.74 Å². The molecule has 0 unspecified atom stereocenters. The van der Waals surface area contributed by atoms with E-state index in [9.17, 15) is 29.1 Å². The number of methoxy groups -OCH3 is 1. The summed E-state index contributed by atoms with van der Waals surface area (Å²) in [5.41, 5.74) is -0.383. The molecule has 4 saturated carbocycles. The van der Waals surface area contributed by atoms with Gasteiger partial charge >= 0.3 is 11.9 Å². The molecule has 0 aromatic heterocycles. The third-order valence-corrected chi connectivity index (χ3v) is 10.9. The zero-order valence-electron chi connectivity index (χ0n) is 21.4. The monoisotopic (exact) mass is 555 g/mol. The third-order valence-electron chi connectivity index (χ3n) is 8.44. The van der Waals surface area contributed by atoms with Crippen molar-refractivity contribution in [1.82, 2.24) is 15.5 Å². The summed E-state index contributed by atoms with van der Waals surface area (Å²) < 4.78 is 4.93. The number of carbonyl (C=O) groups excluding carboxylic acids is 4. The number of likely N-dealkylation sites (tertiary alicyclic amines) is 1. The van der Waals surface area contributed by atoms with Gasteiger partial charge in [-0.2, -0.15) is 0 Å². The molecule has 0 aromatic rings. The highest BCUT2D eigenvalue weighted by atomic mass is 33.1. The van der Waals surface area contributed by atoms with Crippen LogP contribution in [-0.4, -0.2) is 83.0 Å². The number of nitrogens with one attached hydrogen (secondary N) is 2. The molecule has 5 aliphatic rings. The molecule has 3 atom stereocenters. The third kappa shape index (κ3) is 6.38. The van der Waals surface area contributed by atoms with Crippen LogP contribution in [0.1, 0.15) is 58.3 Å². The standard InChI is InChI=1S/C25H37N3O7S2/c1-14(29)28-5-3-4-20(28)21(30)26-18(22(31)32)12-36-37-13-19(23(33)35-2)27-24(34)25-9-15-6-16(10-25)8-17(7-15)11-25/h15-20H,3-13H2,1-2H3,(H,26,30)(H,27,34)(H,31,32)/t15?,16?,17?,18-,19-,20-,25?/m0/s1. The summed E-state index contributed by atoms with van der Waals surface area (Å²) in [6.45, 7) is 1.88.